The Balaban J connectivity index is 1.92. The molecule has 0 bridgehead atoms. The summed E-state index contributed by atoms with van der Waals surface area (Å²) >= 11 is 1.58. The molecule has 0 fully saturated rings. The number of halogens is 3. The van der Waals surface area contributed by atoms with Gasteiger partial charge in [-0.05, 0) is 58.8 Å². The third kappa shape index (κ3) is 4.40. The minimum atomic E-state index is -0.689. The SMILES string of the molecule is COc1ccc(CCC(=O)Nc2cc(F)c(I)c(F)c2)cc1. The Morgan fingerprint density at radius 2 is 1.77 bits per heavy atom. The first-order valence-corrected chi connectivity index (χ1v) is 7.65. The summed E-state index contributed by atoms with van der Waals surface area (Å²) in [6.07, 6.45) is 0.757. The number of hydrogen-bond acceptors (Lipinski definition) is 2. The van der Waals surface area contributed by atoms with Crippen LogP contribution >= 0.6 is 22.6 Å². The van der Waals surface area contributed by atoms with Gasteiger partial charge >= 0.3 is 0 Å². The number of hydrogen-bond donors (Lipinski definition) is 1. The number of aryl methyl sites for hydroxylation is 1. The fourth-order valence-electron chi connectivity index (χ4n) is 1.90. The Hall–Kier alpha value is -1.70. The fourth-order valence-corrected chi connectivity index (χ4v) is 2.21. The van der Waals surface area contributed by atoms with Crippen molar-refractivity contribution in [2.45, 2.75) is 12.8 Å². The number of ether oxygens (including phenoxy) is 1. The molecular formula is C16H14F2INO2. The molecule has 0 radical (unpaired) electrons. The normalized spacial score (nSPS) is 10.4. The molecular weight excluding hydrogens is 403 g/mol. The molecule has 2 rings (SSSR count). The highest BCUT2D eigenvalue weighted by Gasteiger charge is 2.10. The number of carbonyl (C=O) groups is 1. The van der Waals surface area contributed by atoms with Gasteiger partial charge < -0.3 is 10.1 Å². The van der Waals surface area contributed by atoms with Gasteiger partial charge in [-0.25, -0.2) is 8.78 Å². The van der Waals surface area contributed by atoms with E-state index in [1.807, 2.05) is 24.3 Å². The Kier molecular flexibility index (Phi) is 5.70. The standard InChI is InChI=1S/C16H14F2INO2/c1-22-12-5-2-10(3-6-12)4-7-15(21)20-11-8-13(17)16(19)14(18)9-11/h2-3,5-6,8-9H,4,7H2,1H3,(H,20,21). The predicted molar refractivity (Wildman–Crippen MR) is 89.0 cm³/mol. The van der Waals surface area contributed by atoms with Crippen molar-refractivity contribution in [3.63, 3.8) is 0 Å². The molecule has 0 heterocycles. The zero-order valence-corrected chi connectivity index (χ0v) is 14.0. The van der Waals surface area contributed by atoms with Crippen LogP contribution in [0.2, 0.25) is 0 Å². The molecule has 0 spiro atoms. The average molecular weight is 417 g/mol. The summed E-state index contributed by atoms with van der Waals surface area (Å²) in [5.74, 6) is -0.925. The molecule has 0 saturated carbocycles. The number of methoxy groups -OCH3 is 1. The quantitative estimate of drug-likeness (QED) is 0.587. The Labute approximate surface area is 140 Å². The average Bonchev–Trinajstić information content (AvgIpc) is 2.51. The Bertz CT molecular complexity index is 651. The van der Waals surface area contributed by atoms with E-state index in [2.05, 4.69) is 5.32 Å². The third-order valence-electron chi connectivity index (χ3n) is 3.07. The van der Waals surface area contributed by atoms with Crippen LogP contribution in [0.4, 0.5) is 14.5 Å². The van der Waals surface area contributed by atoms with Crippen molar-refractivity contribution in [3.05, 3.63) is 57.2 Å². The lowest BCUT2D eigenvalue weighted by molar-refractivity contribution is -0.116. The molecule has 0 aliphatic rings. The summed E-state index contributed by atoms with van der Waals surface area (Å²) in [6.45, 7) is 0. The first kappa shape index (κ1) is 16.7. The summed E-state index contributed by atoms with van der Waals surface area (Å²) in [4.78, 5) is 11.8. The van der Waals surface area contributed by atoms with Crippen LogP contribution < -0.4 is 10.1 Å². The first-order chi connectivity index (χ1) is 10.5. The van der Waals surface area contributed by atoms with Crippen molar-refractivity contribution in [1.82, 2.24) is 0 Å². The molecule has 0 unspecified atom stereocenters. The maximum absolute atomic E-state index is 13.4. The van der Waals surface area contributed by atoms with E-state index in [1.165, 1.54) is 0 Å². The maximum Gasteiger partial charge on any atom is 0.224 e. The van der Waals surface area contributed by atoms with E-state index in [0.29, 0.717) is 6.42 Å². The molecule has 116 valence electrons. The van der Waals surface area contributed by atoms with E-state index in [1.54, 1.807) is 29.7 Å². The van der Waals surface area contributed by atoms with Gasteiger partial charge in [0, 0.05) is 12.1 Å². The van der Waals surface area contributed by atoms with Crippen molar-refractivity contribution in [1.29, 1.82) is 0 Å². The zero-order chi connectivity index (χ0) is 16.1. The van der Waals surface area contributed by atoms with Gasteiger partial charge in [-0.1, -0.05) is 12.1 Å². The summed E-state index contributed by atoms with van der Waals surface area (Å²) < 4.78 is 31.8. The topological polar surface area (TPSA) is 38.3 Å². The molecule has 3 nitrogen and oxygen atoms in total. The number of anilines is 1. The van der Waals surface area contributed by atoms with Crippen LogP contribution in [0.25, 0.3) is 0 Å². The van der Waals surface area contributed by atoms with E-state index in [-0.39, 0.29) is 21.6 Å². The van der Waals surface area contributed by atoms with Crippen LogP contribution in [-0.2, 0) is 11.2 Å². The van der Waals surface area contributed by atoms with Gasteiger partial charge in [0.2, 0.25) is 5.91 Å². The Morgan fingerprint density at radius 3 is 2.32 bits per heavy atom. The van der Waals surface area contributed by atoms with Crippen molar-refractivity contribution in [2.24, 2.45) is 0 Å². The maximum atomic E-state index is 13.4. The highest BCUT2D eigenvalue weighted by molar-refractivity contribution is 14.1. The summed E-state index contributed by atoms with van der Waals surface area (Å²) in [5, 5.41) is 2.50. The molecule has 0 saturated heterocycles. The van der Waals surface area contributed by atoms with E-state index >= 15 is 0 Å². The van der Waals surface area contributed by atoms with Gasteiger partial charge in [-0.15, -0.1) is 0 Å². The van der Waals surface area contributed by atoms with E-state index in [0.717, 1.165) is 23.4 Å². The summed E-state index contributed by atoms with van der Waals surface area (Å²) in [5.41, 5.74) is 1.10. The lowest BCUT2D eigenvalue weighted by Crippen LogP contribution is -2.13. The number of rotatable bonds is 5. The second-order valence-electron chi connectivity index (χ2n) is 4.65. The summed E-state index contributed by atoms with van der Waals surface area (Å²) in [6, 6.07) is 9.59. The molecule has 1 amide bonds. The van der Waals surface area contributed by atoms with Gasteiger partial charge in [-0.2, -0.15) is 0 Å². The molecule has 0 aliphatic carbocycles. The number of nitrogens with one attached hydrogen (secondary N) is 1. The van der Waals surface area contributed by atoms with Crippen molar-refractivity contribution in [2.75, 3.05) is 12.4 Å². The first-order valence-electron chi connectivity index (χ1n) is 6.57. The smallest absolute Gasteiger partial charge is 0.224 e. The molecule has 0 aliphatic heterocycles. The zero-order valence-electron chi connectivity index (χ0n) is 11.8. The molecule has 1 N–H and O–H groups in total. The predicted octanol–water partition coefficient (Wildman–Crippen LogP) is 4.15. The molecule has 2 aromatic carbocycles. The van der Waals surface area contributed by atoms with Crippen LogP contribution in [-0.4, -0.2) is 13.0 Å². The summed E-state index contributed by atoms with van der Waals surface area (Å²) in [7, 11) is 1.59. The van der Waals surface area contributed by atoms with Gasteiger partial charge in [0.1, 0.15) is 17.4 Å². The number of carbonyl (C=O) groups excluding carboxylic acids is 1. The molecule has 6 heteroatoms. The number of benzene rings is 2. The monoisotopic (exact) mass is 417 g/mol. The van der Waals surface area contributed by atoms with Crippen LogP contribution in [0, 0.1) is 15.2 Å². The van der Waals surface area contributed by atoms with Gasteiger partial charge in [0.05, 0.1) is 10.7 Å². The number of amides is 1. The van der Waals surface area contributed by atoms with Crippen molar-refractivity contribution >= 4 is 34.2 Å². The second-order valence-corrected chi connectivity index (χ2v) is 5.73. The fraction of sp³-hybridized carbons (Fsp3) is 0.188. The third-order valence-corrected chi connectivity index (χ3v) is 4.10. The second kappa shape index (κ2) is 7.53. The largest absolute Gasteiger partial charge is 0.497 e. The lowest BCUT2D eigenvalue weighted by Gasteiger charge is -2.07. The highest BCUT2D eigenvalue weighted by atomic mass is 127. The van der Waals surface area contributed by atoms with E-state index < -0.39 is 11.6 Å². The van der Waals surface area contributed by atoms with Crippen LogP contribution in [0.3, 0.4) is 0 Å². The highest BCUT2D eigenvalue weighted by Crippen LogP contribution is 2.20. The van der Waals surface area contributed by atoms with Gasteiger partial charge in [-0.3, -0.25) is 4.79 Å². The van der Waals surface area contributed by atoms with Crippen LogP contribution in [0.5, 0.6) is 5.75 Å². The van der Waals surface area contributed by atoms with Crippen LogP contribution in [0.15, 0.2) is 36.4 Å². The minimum absolute atomic E-state index is 0.0890. The van der Waals surface area contributed by atoms with E-state index in [9.17, 15) is 13.6 Å². The lowest BCUT2D eigenvalue weighted by atomic mass is 10.1. The van der Waals surface area contributed by atoms with Gasteiger partial charge in [0.15, 0.2) is 0 Å². The molecule has 2 aromatic rings. The van der Waals surface area contributed by atoms with Gasteiger partial charge in [0.25, 0.3) is 0 Å². The minimum Gasteiger partial charge on any atom is -0.497 e. The molecule has 22 heavy (non-hydrogen) atoms. The van der Waals surface area contributed by atoms with Crippen molar-refractivity contribution < 1.29 is 18.3 Å². The van der Waals surface area contributed by atoms with Crippen molar-refractivity contribution in [3.8, 4) is 5.75 Å². The van der Waals surface area contributed by atoms with Crippen LogP contribution in [0.1, 0.15) is 12.0 Å². The molecule has 0 atom stereocenters. The van der Waals surface area contributed by atoms with E-state index in [4.69, 9.17) is 4.74 Å². The molecule has 0 aromatic heterocycles. The Morgan fingerprint density at radius 1 is 1.18 bits per heavy atom.